The summed E-state index contributed by atoms with van der Waals surface area (Å²) < 4.78 is 5.35. The zero-order valence-corrected chi connectivity index (χ0v) is 10.3. The van der Waals surface area contributed by atoms with E-state index in [0.29, 0.717) is 5.89 Å². The molecule has 2 aromatic rings. The average molecular weight is 259 g/mol. The number of carboxylic acid groups (broad SMARTS) is 1. The lowest BCUT2D eigenvalue weighted by Crippen LogP contribution is -2.26. The van der Waals surface area contributed by atoms with Gasteiger partial charge in [0.25, 0.3) is 0 Å². The average Bonchev–Trinajstić information content (AvgIpc) is 2.85. The third-order valence-electron chi connectivity index (χ3n) is 2.50. The van der Waals surface area contributed by atoms with Gasteiger partial charge in [-0.05, 0) is 19.1 Å². The summed E-state index contributed by atoms with van der Waals surface area (Å²) in [7, 11) is 0. The first-order valence-corrected chi connectivity index (χ1v) is 5.62. The quantitative estimate of drug-likeness (QED) is 0.799. The third kappa shape index (κ3) is 2.98. The zero-order chi connectivity index (χ0) is 13.8. The first-order chi connectivity index (χ1) is 9.10. The lowest BCUT2D eigenvalue weighted by Gasteiger charge is -2.05. The van der Waals surface area contributed by atoms with Crippen molar-refractivity contribution in [1.29, 1.82) is 0 Å². The summed E-state index contributed by atoms with van der Waals surface area (Å²) in [4.78, 5) is 10.8. The Kier molecular flexibility index (Phi) is 3.61. The monoisotopic (exact) mass is 259 g/mol. The molecule has 0 bridgehead atoms. The predicted molar refractivity (Wildman–Crippen MR) is 69.7 cm³/mol. The van der Waals surface area contributed by atoms with E-state index in [-0.39, 0.29) is 6.01 Å². The fourth-order valence-electron chi connectivity index (χ4n) is 1.45. The van der Waals surface area contributed by atoms with Gasteiger partial charge in [0.05, 0.1) is 0 Å². The molecule has 1 atom stereocenters. The van der Waals surface area contributed by atoms with Crippen molar-refractivity contribution in [1.82, 2.24) is 10.2 Å². The van der Waals surface area contributed by atoms with Crippen molar-refractivity contribution in [3.63, 3.8) is 0 Å². The molecule has 0 saturated carbocycles. The predicted octanol–water partition coefficient (Wildman–Crippen LogP) is 2.10. The van der Waals surface area contributed by atoms with E-state index < -0.39 is 12.0 Å². The second-order valence-electron chi connectivity index (χ2n) is 3.97. The van der Waals surface area contributed by atoms with Gasteiger partial charge in [-0.25, -0.2) is 4.79 Å². The Morgan fingerprint density at radius 1 is 1.42 bits per heavy atom. The number of nitrogens with one attached hydrogen (secondary N) is 1. The minimum atomic E-state index is -1.06. The molecule has 0 aliphatic heterocycles. The standard InChI is InChI=1S/C13H13N3O3/c1-3-10(12(17)18)14-13-16-15-11(19-13)9-6-4-8(2)5-7-9/h3-7,10H,1H2,2H3,(H,14,16)(H,17,18)/t10-/m1/s1. The van der Waals surface area contributed by atoms with E-state index in [9.17, 15) is 4.79 Å². The summed E-state index contributed by atoms with van der Waals surface area (Å²) in [5.41, 5.74) is 1.90. The van der Waals surface area contributed by atoms with Crippen molar-refractivity contribution in [2.75, 3.05) is 5.32 Å². The summed E-state index contributed by atoms with van der Waals surface area (Å²) in [6, 6.07) is 6.64. The lowest BCUT2D eigenvalue weighted by atomic mass is 10.1. The molecule has 0 radical (unpaired) electrons. The number of carboxylic acids is 1. The molecule has 0 unspecified atom stereocenters. The number of anilines is 1. The van der Waals surface area contributed by atoms with Gasteiger partial charge >= 0.3 is 12.0 Å². The molecule has 0 fully saturated rings. The van der Waals surface area contributed by atoms with Crippen LogP contribution in [0.2, 0.25) is 0 Å². The summed E-state index contributed by atoms with van der Waals surface area (Å²) in [5, 5.41) is 19.0. The summed E-state index contributed by atoms with van der Waals surface area (Å²) in [6.45, 7) is 5.40. The van der Waals surface area contributed by atoms with Crippen LogP contribution in [0.25, 0.3) is 11.5 Å². The molecular formula is C13H13N3O3. The topological polar surface area (TPSA) is 88.3 Å². The SMILES string of the molecule is C=C[C@@H](Nc1nnc(-c2ccc(C)cc2)o1)C(=O)O. The molecule has 1 aromatic carbocycles. The largest absolute Gasteiger partial charge is 0.479 e. The molecule has 6 heteroatoms. The van der Waals surface area contributed by atoms with Gasteiger partial charge in [-0.1, -0.05) is 28.9 Å². The van der Waals surface area contributed by atoms with Gasteiger partial charge in [0, 0.05) is 5.56 Å². The molecular weight excluding hydrogens is 246 g/mol. The third-order valence-corrected chi connectivity index (χ3v) is 2.50. The van der Waals surface area contributed by atoms with E-state index in [0.717, 1.165) is 11.1 Å². The van der Waals surface area contributed by atoms with Crippen LogP contribution in [0.5, 0.6) is 0 Å². The van der Waals surface area contributed by atoms with Crippen molar-refractivity contribution < 1.29 is 14.3 Å². The van der Waals surface area contributed by atoms with Crippen molar-refractivity contribution in [3.05, 3.63) is 42.5 Å². The first-order valence-electron chi connectivity index (χ1n) is 5.62. The normalized spacial score (nSPS) is 11.8. The highest BCUT2D eigenvalue weighted by molar-refractivity contribution is 5.78. The van der Waals surface area contributed by atoms with Crippen LogP contribution in [0.3, 0.4) is 0 Å². The number of rotatable bonds is 5. The van der Waals surface area contributed by atoms with Gasteiger partial charge in [0.15, 0.2) is 0 Å². The number of hydrogen-bond acceptors (Lipinski definition) is 5. The van der Waals surface area contributed by atoms with E-state index in [4.69, 9.17) is 9.52 Å². The zero-order valence-electron chi connectivity index (χ0n) is 10.3. The molecule has 19 heavy (non-hydrogen) atoms. The van der Waals surface area contributed by atoms with Crippen LogP contribution in [0, 0.1) is 6.92 Å². The van der Waals surface area contributed by atoms with Gasteiger partial charge in [-0.15, -0.1) is 11.7 Å². The number of carbonyl (C=O) groups is 1. The second kappa shape index (κ2) is 5.34. The van der Waals surface area contributed by atoms with Crippen molar-refractivity contribution in [2.45, 2.75) is 13.0 Å². The number of hydrogen-bond donors (Lipinski definition) is 2. The van der Waals surface area contributed by atoms with Crippen LogP contribution in [-0.4, -0.2) is 27.3 Å². The molecule has 0 amide bonds. The maximum Gasteiger partial charge on any atom is 0.330 e. The molecule has 0 aliphatic carbocycles. The Morgan fingerprint density at radius 3 is 2.68 bits per heavy atom. The summed E-state index contributed by atoms with van der Waals surface area (Å²) in [6.07, 6.45) is 1.25. The minimum Gasteiger partial charge on any atom is -0.479 e. The molecule has 1 heterocycles. The van der Waals surface area contributed by atoms with Crippen LogP contribution in [0.4, 0.5) is 6.01 Å². The molecule has 2 rings (SSSR count). The maximum absolute atomic E-state index is 10.8. The Labute approximate surface area is 109 Å². The lowest BCUT2D eigenvalue weighted by molar-refractivity contribution is -0.136. The Morgan fingerprint density at radius 2 is 2.11 bits per heavy atom. The van der Waals surface area contributed by atoms with E-state index in [1.54, 1.807) is 0 Å². The van der Waals surface area contributed by atoms with Gasteiger partial charge in [0.1, 0.15) is 6.04 Å². The minimum absolute atomic E-state index is 0.0443. The smallest absolute Gasteiger partial charge is 0.330 e. The molecule has 6 nitrogen and oxygen atoms in total. The van der Waals surface area contributed by atoms with Crippen LogP contribution >= 0.6 is 0 Å². The number of benzene rings is 1. The molecule has 98 valence electrons. The van der Waals surface area contributed by atoms with E-state index in [1.165, 1.54) is 6.08 Å². The number of nitrogens with zero attached hydrogens (tertiary/aromatic N) is 2. The highest BCUT2D eigenvalue weighted by Crippen LogP contribution is 2.20. The van der Waals surface area contributed by atoms with Gasteiger partial charge in [-0.2, -0.15) is 0 Å². The van der Waals surface area contributed by atoms with E-state index in [2.05, 4.69) is 22.1 Å². The Balaban J connectivity index is 2.17. The summed E-state index contributed by atoms with van der Waals surface area (Å²) >= 11 is 0. The highest BCUT2D eigenvalue weighted by atomic mass is 16.4. The van der Waals surface area contributed by atoms with Gasteiger partial charge in [-0.3, -0.25) is 0 Å². The first kappa shape index (κ1) is 12.8. The van der Waals surface area contributed by atoms with E-state index >= 15 is 0 Å². The number of aliphatic carboxylic acids is 1. The Hall–Kier alpha value is -2.63. The molecule has 0 spiro atoms. The van der Waals surface area contributed by atoms with Crippen molar-refractivity contribution in [2.24, 2.45) is 0 Å². The van der Waals surface area contributed by atoms with Crippen molar-refractivity contribution >= 4 is 12.0 Å². The van der Waals surface area contributed by atoms with Crippen LogP contribution < -0.4 is 5.32 Å². The Bertz CT molecular complexity index is 589. The molecule has 0 aliphatic rings. The molecule has 1 aromatic heterocycles. The summed E-state index contributed by atoms with van der Waals surface area (Å²) in [5.74, 6) is -0.735. The van der Waals surface area contributed by atoms with Crippen LogP contribution in [0.15, 0.2) is 41.3 Å². The van der Waals surface area contributed by atoms with Crippen LogP contribution in [-0.2, 0) is 4.79 Å². The molecule has 0 saturated heterocycles. The van der Waals surface area contributed by atoms with Crippen LogP contribution in [0.1, 0.15) is 5.56 Å². The number of aromatic nitrogens is 2. The van der Waals surface area contributed by atoms with Gasteiger partial charge in [0.2, 0.25) is 5.89 Å². The van der Waals surface area contributed by atoms with Crippen molar-refractivity contribution in [3.8, 4) is 11.5 Å². The fourth-order valence-corrected chi connectivity index (χ4v) is 1.45. The van der Waals surface area contributed by atoms with Gasteiger partial charge < -0.3 is 14.8 Å². The second-order valence-corrected chi connectivity index (χ2v) is 3.97. The van der Waals surface area contributed by atoms with E-state index in [1.807, 2.05) is 31.2 Å². The maximum atomic E-state index is 10.8. The fraction of sp³-hybridized carbons (Fsp3) is 0.154. The molecule has 2 N–H and O–H groups in total. The highest BCUT2D eigenvalue weighted by Gasteiger charge is 2.16. The number of aryl methyl sites for hydroxylation is 1.